The van der Waals surface area contributed by atoms with E-state index in [1.165, 1.54) is 0 Å². The van der Waals surface area contributed by atoms with Gasteiger partial charge in [0.15, 0.2) is 6.23 Å². The van der Waals surface area contributed by atoms with Crippen molar-refractivity contribution in [2.75, 3.05) is 6.61 Å². The number of unbranched alkanes of at least 4 members (excludes halogenated alkanes) is 1. The Morgan fingerprint density at radius 2 is 1.62 bits per heavy atom. The normalized spacial score (nSPS) is 32.7. The van der Waals surface area contributed by atoms with Crippen LogP contribution in [0, 0.1) is 0 Å². The first-order valence-electron chi connectivity index (χ1n) is 6.68. The highest BCUT2D eigenvalue weighted by Gasteiger charge is 2.43. The number of aliphatic hydroxyl groups is 4. The lowest BCUT2D eigenvalue weighted by atomic mass is 9.98. The van der Waals surface area contributed by atoms with Crippen molar-refractivity contribution in [3.8, 4) is 0 Å². The quantitative estimate of drug-likeness (QED) is 0.283. The molecule has 0 aromatic carbocycles. The van der Waals surface area contributed by atoms with Gasteiger partial charge in [0.1, 0.15) is 24.4 Å². The number of carboxylic acid groups (broad SMARTS) is 1. The Bertz CT molecular complexity index is 361. The van der Waals surface area contributed by atoms with Crippen LogP contribution in [-0.4, -0.2) is 74.7 Å². The molecule has 0 aliphatic carbocycles. The average molecular weight is 307 g/mol. The molecular formula is C12H21NO8. The van der Waals surface area contributed by atoms with Crippen LogP contribution in [0.4, 0.5) is 0 Å². The third-order valence-corrected chi connectivity index (χ3v) is 3.24. The molecule has 1 saturated heterocycles. The summed E-state index contributed by atoms with van der Waals surface area (Å²) in [6.07, 6.45) is -6.16. The van der Waals surface area contributed by atoms with E-state index in [2.05, 4.69) is 5.32 Å². The van der Waals surface area contributed by atoms with Gasteiger partial charge in [-0.2, -0.15) is 0 Å². The predicted octanol–water partition coefficient (Wildman–Crippen LogP) is -2.45. The zero-order valence-corrected chi connectivity index (χ0v) is 11.4. The summed E-state index contributed by atoms with van der Waals surface area (Å²) in [6.45, 7) is -0.573. The molecular weight excluding hydrogens is 286 g/mol. The zero-order valence-electron chi connectivity index (χ0n) is 11.4. The van der Waals surface area contributed by atoms with E-state index < -0.39 is 49.1 Å². The molecule has 1 amide bonds. The number of nitrogens with one attached hydrogen (secondary N) is 1. The van der Waals surface area contributed by atoms with Crippen molar-refractivity contribution < 1.29 is 39.9 Å². The number of carbonyl (C=O) groups is 2. The summed E-state index contributed by atoms with van der Waals surface area (Å²) in [7, 11) is 0. The highest BCUT2D eigenvalue weighted by atomic mass is 16.6. The van der Waals surface area contributed by atoms with Crippen molar-refractivity contribution in [1.82, 2.24) is 5.32 Å². The lowest BCUT2D eigenvalue weighted by Crippen LogP contribution is -2.63. The van der Waals surface area contributed by atoms with Gasteiger partial charge in [-0.15, -0.1) is 0 Å². The third-order valence-electron chi connectivity index (χ3n) is 3.24. The minimum absolute atomic E-state index is 0.0344. The van der Waals surface area contributed by atoms with Gasteiger partial charge >= 0.3 is 5.97 Å². The number of hydrogen-bond acceptors (Lipinski definition) is 7. The molecule has 0 radical (unpaired) electrons. The SMILES string of the molecule is O=C(O)CCCCC(=O)N[C@@H]1O[C@H](CO)[C@H](O)[C@H](O)[C@H]1O. The van der Waals surface area contributed by atoms with Crippen LogP contribution >= 0.6 is 0 Å². The summed E-state index contributed by atoms with van der Waals surface area (Å²) < 4.78 is 5.11. The Morgan fingerprint density at radius 1 is 1.00 bits per heavy atom. The van der Waals surface area contributed by atoms with Crippen molar-refractivity contribution in [2.24, 2.45) is 0 Å². The fourth-order valence-electron chi connectivity index (χ4n) is 2.01. The van der Waals surface area contributed by atoms with E-state index in [0.29, 0.717) is 12.8 Å². The van der Waals surface area contributed by atoms with Gasteiger partial charge in [-0.25, -0.2) is 0 Å². The van der Waals surface area contributed by atoms with E-state index in [9.17, 15) is 24.9 Å². The maximum atomic E-state index is 11.6. The summed E-state index contributed by atoms with van der Waals surface area (Å²) in [5.74, 6) is -1.42. The second-order valence-corrected chi connectivity index (χ2v) is 4.92. The molecule has 0 unspecified atom stereocenters. The lowest BCUT2D eigenvalue weighted by Gasteiger charge is -2.40. The smallest absolute Gasteiger partial charge is 0.303 e. The van der Waals surface area contributed by atoms with E-state index in [0.717, 1.165) is 0 Å². The second kappa shape index (κ2) is 8.25. The van der Waals surface area contributed by atoms with Crippen molar-refractivity contribution in [3.05, 3.63) is 0 Å². The standard InChI is InChI=1S/C12H21NO8/c14-5-6-9(18)10(19)11(20)12(21-6)13-7(15)3-1-2-4-8(16)17/h6,9-12,14,18-20H,1-5H2,(H,13,15)(H,16,17)/t6-,9+,10+,11-,12-/m1/s1. The molecule has 0 spiro atoms. The van der Waals surface area contributed by atoms with Crippen LogP contribution in [0.5, 0.6) is 0 Å². The highest BCUT2D eigenvalue weighted by Crippen LogP contribution is 2.19. The Kier molecular flexibility index (Phi) is 6.99. The maximum Gasteiger partial charge on any atom is 0.303 e. The molecule has 1 aliphatic heterocycles. The van der Waals surface area contributed by atoms with Crippen LogP contribution in [0.25, 0.3) is 0 Å². The first kappa shape index (κ1) is 17.8. The van der Waals surface area contributed by atoms with E-state index in [4.69, 9.17) is 14.9 Å². The number of amides is 1. The number of carboxylic acids is 1. The number of aliphatic hydroxyl groups excluding tert-OH is 4. The molecule has 1 heterocycles. The van der Waals surface area contributed by atoms with Crippen LogP contribution in [0.1, 0.15) is 25.7 Å². The predicted molar refractivity (Wildman–Crippen MR) is 68.0 cm³/mol. The van der Waals surface area contributed by atoms with Crippen molar-refractivity contribution >= 4 is 11.9 Å². The van der Waals surface area contributed by atoms with Crippen LogP contribution in [-0.2, 0) is 14.3 Å². The number of aliphatic carboxylic acids is 1. The first-order chi connectivity index (χ1) is 9.86. The first-order valence-corrected chi connectivity index (χ1v) is 6.68. The molecule has 6 N–H and O–H groups in total. The number of carbonyl (C=O) groups excluding carboxylic acids is 1. The van der Waals surface area contributed by atoms with Gasteiger partial charge in [0.05, 0.1) is 6.61 Å². The Labute approximate surface area is 121 Å². The van der Waals surface area contributed by atoms with Crippen LogP contribution < -0.4 is 5.32 Å². The topological polar surface area (TPSA) is 157 Å². The van der Waals surface area contributed by atoms with Crippen LogP contribution in [0.15, 0.2) is 0 Å². The molecule has 0 bridgehead atoms. The number of ether oxygens (including phenoxy) is 1. The van der Waals surface area contributed by atoms with Crippen molar-refractivity contribution in [1.29, 1.82) is 0 Å². The summed E-state index contributed by atoms with van der Waals surface area (Å²) in [5.41, 5.74) is 0. The van der Waals surface area contributed by atoms with Crippen LogP contribution in [0.3, 0.4) is 0 Å². The molecule has 9 heteroatoms. The van der Waals surface area contributed by atoms with E-state index in [1.807, 2.05) is 0 Å². The molecule has 9 nitrogen and oxygen atoms in total. The molecule has 1 rings (SSSR count). The van der Waals surface area contributed by atoms with E-state index in [-0.39, 0.29) is 12.8 Å². The maximum absolute atomic E-state index is 11.6. The average Bonchev–Trinajstić information content (AvgIpc) is 2.44. The van der Waals surface area contributed by atoms with Crippen molar-refractivity contribution in [2.45, 2.75) is 56.3 Å². The molecule has 0 aromatic heterocycles. The van der Waals surface area contributed by atoms with Gasteiger partial charge in [-0.3, -0.25) is 9.59 Å². The fraction of sp³-hybridized carbons (Fsp3) is 0.833. The minimum atomic E-state index is -1.55. The van der Waals surface area contributed by atoms with Gasteiger partial charge in [-0.1, -0.05) is 0 Å². The molecule has 1 aliphatic rings. The Morgan fingerprint density at radius 3 is 2.19 bits per heavy atom. The van der Waals surface area contributed by atoms with Crippen molar-refractivity contribution in [3.63, 3.8) is 0 Å². The summed E-state index contributed by atoms with van der Waals surface area (Å²) in [5, 5.41) is 48.6. The van der Waals surface area contributed by atoms with E-state index >= 15 is 0 Å². The van der Waals surface area contributed by atoms with Gasteiger partial charge in [0.2, 0.25) is 5.91 Å². The molecule has 0 aromatic rings. The zero-order chi connectivity index (χ0) is 16.0. The van der Waals surface area contributed by atoms with Crippen LogP contribution in [0.2, 0.25) is 0 Å². The highest BCUT2D eigenvalue weighted by molar-refractivity contribution is 5.76. The Hall–Kier alpha value is -1.26. The third kappa shape index (κ3) is 5.21. The van der Waals surface area contributed by atoms with Gasteiger partial charge < -0.3 is 35.6 Å². The number of hydrogen-bond donors (Lipinski definition) is 6. The summed E-state index contributed by atoms with van der Waals surface area (Å²) >= 11 is 0. The summed E-state index contributed by atoms with van der Waals surface area (Å²) in [4.78, 5) is 21.9. The van der Waals surface area contributed by atoms with Gasteiger partial charge in [0, 0.05) is 12.8 Å². The second-order valence-electron chi connectivity index (χ2n) is 4.92. The number of rotatable bonds is 7. The molecule has 21 heavy (non-hydrogen) atoms. The fourth-order valence-corrected chi connectivity index (χ4v) is 2.01. The van der Waals surface area contributed by atoms with Gasteiger partial charge in [0.25, 0.3) is 0 Å². The molecule has 122 valence electrons. The largest absolute Gasteiger partial charge is 0.481 e. The minimum Gasteiger partial charge on any atom is -0.481 e. The monoisotopic (exact) mass is 307 g/mol. The molecule has 5 atom stereocenters. The van der Waals surface area contributed by atoms with E-state index in [1.54, 1.807) is 0 Å². The molecule has 1 fully saturated rings. The van der Waals surface area contributed by atoms with Gasteiger partial charge in [-0.05, 0) is 12.8 Å². The Balaban J connectivity index is 2.41. The summed E-state index contributed by atoms with van der Waals surface area (Å²) in [6, 6.07) is 0. The lowest BCUT2D eigenvalue weighted by molar-refractivity contribution is -0.236. The molecule has 0 saturated carbocycles.